The van der Waals surface area contributed by atoms with Gasteiger partial charge in [-0.1, -0.05) is 18.2 Å². The van der Waals surface area contributed by atoms with Crippen molar-refractivity contribution in [2.45, 2.75) is 22.9 Å². The minimum atomic E-state index is -5.10. The Balaban J connectivity index is 1.88. The van der Waals surface area contributed by atoms with Gasteiger partial charge in [0.05, 0.1) is 16.2 Å². The van der Waals surface area contributed by atoms with Crippen LogP contribution in [0.3, 0.4) is 0 Å². The monoisotopic (exact) mass is 498 g/mol. The zero-order valence-corrected chi connectivity index (χ0v) is 20.7. The fourth-order valence-electron chi connectivity index (χ4n) is 4.19. The largest absolute Gasteiger partial charge is 0.456 e. The summed E-state index contributed by atoms with van der Waals surface area (Å²) in [6, 6.07) is 16.6. The smallest absolute Gasteiger partial charge is 0.203 e. The van der Waals surface area contributed by atoms with Crippen molar-refractivity contribution in [2.75, 3.05) is 46.1 Å². The van der Waals surface area contributed by atoms with E-state index < -0.39 is 45.7 Å². The third-order valence-corrected chi connectivity index (χ3v) is 7.85. The molecular weight excluding hydrogens is 458 g/mol. The third-order valence-electron chi connectivity index (χ3n) is 6.03. The molecule has 6 nitrogen and oxygen atoms in total. The Morgan fingerprint density at radius 2 is 1.74 bits per heavy atom. The van der Waals surface area contributed by atoms with Crippen LogP contribution in [0.2, 0.25) is 0 Å². The summed E-state index contributed by atoms with van der Waals surface area (Å²) < 4.78 is 104. The lowest BCUT2D eigenvalue weighted by molar-refractivity contribution is 0.496. The molecule has 0 atom stereocenters. The van der Waals surface area contributed by atoms with E-state index in [0.717, 1.165) is 11.0 Å². The summed E-state index contributed by atoms with van der Waals surface area (Å²) in [6.45, 7) is -6.43. The van der Waals surface area contributed by atoms with Crippen molar-refractivity contribution in [1.82, 2.24) is 9.89 Å². The average molecular weight is 499 g/mol. The molecule has 3 aliphatic rings. The van der Waals surface area contributed by atoms with Crippen molar-refractivity contribution in [3.8, 4) is 22.5 Å². The van der Waals surface area contributed by atoms with Crippen molar-refractivity contribution in [2.24, 2.45) is 0 Å². The fourth-order valence-corrected chi connectivity index (χ4v) is 5.62. The minimum Gasteiger partial charge on any atom is -0.456 e. The number of sulfone groups is 1. The fraction of sp³-hybridized carbons (Fsp3) is 0.321. The summed E-state index contributed by atoms with van der Waals surface area (Å²) in [7, 11) is 2.38. The molecule has 5 rings (SSSR count). The molecule has 1 fully saturated rings. The lowest BCUT2D eigenvalue weighted by Crippen LogP contribution is -2.35. The van der Waals surface area contributed by atoms with Gasteiger partial charge >= 0.3 is 0 Å². The van der Waals surface area contributed by atoms with Crippen LogP contribution >= 0.6 is 0 Å². The molecule has 0 bridgehead atoms. The zero-order valence-electron chi connectivity index (χ0n) is 27.9. The van der Waals surface area contributed by atoms with E-state index in [0.29, 0.717) is 27.9 Å². The van der Waals surface area contributed by atoms with Crippen LogP contribution in [0, 0.1) is 0 Å². The number of hydrogen-bond donors (Lipinski definition) is 1. The second kappa shape index (κ2) is 9.13. The van der Waals surface area contributed by atoms with Gasteiger partial charge in [-0.3, -0.25) is 0 Å². The number of benzene rings is 3. The highest BCUT2D eigenvalue weighted by molar-refractivity contribution is 7.92. The number of fused-ring (bicyclic) bond motifs is 2. The molecule has 2 aliphatic heterocycles. The normalized spacial score (nSPS) is 24.1. The zero-order chi connectivity index (χ0) is 31.9. The van der Waals surface area contributed by atoms with Gasteiger partial charge < -0.3 is 14.6 Å². The predicted octanol–water partition coefficient (Wildman–Crippen LogP) is 3.83. The predicted molar refractivity (Wildman–Crippen MR) is 143 cm³/mol. The van der Waals surface area contributed by atoms with Crippen molar-refractivity contribution < 1.29 is 23.8 Å². The highest BCUT2D eigenvalue weighted by atomic mass is 32.2. The summed E-state index contributed by atoms with van der Waals surface area (Å²) in [5.41, 5.74) is 2.37. The van der Waals surface area contributed by atoms with Gasteiger partial charge in [-0.05, 0) is 50.0 Å². The first kappa shape index (κ1) is 15.8. The Morgan fingerprint density at radius 1 is 1.00 bits per heavy atom. The second-order valence-corrected chi connectivity index (χ2v) is 10.7. The van der Waals surface area contributed by atoms with E-state index in [-0.39, 0.29) is 5.56 Å². The number of anilines is 1. The summed E-state index contributed by atoms with van der Waals surface area (Å²) in [5, 5.41) is 0.345. The van der Waals surface area contributed by atoms with Crippen molar-refractivity contribution in [1.29, 1.82) is 0 Å². The molecule has 7 heteroatoms. The number of piperidine rings is 1. The lowest BCUT2D eigenvalue weighted by Gasteiger charge is -2.25. The number of rotatable bonds is 4. The van der Waals surface area contributed by atoms with E-state index in [1.807, 2.05) is 61.9 Å². The van der Waals surface area contributed by atoms with E-state index in [2.05, 4.69) is 0 Å². The van der Waals surface area contributed by atoms with E-state index in [9.17, 15) is 8.42 Å². The van der Waals surface area contributed by atoms with Gasteiger partial charge in [-0.25, -0.2) is 13.0 Å². The first-order valence-electron chi connectivity index (χ1n) is 15.0. The molecule has 0 amide bonds. The van der Waals surface area contributed by atoms with Crippen LogP contribution in [0.5, 0.6) is 0 Å². The molecule has 2 aromatic carbocycles. The molecular formula is C28H32N3O3S+. The maximum atomic E-state index is 14.5. The van der Waals surface area contributed by atoms with Gasteiger partial charge in [0, 0.05) is 65.0 Å². The highest BCUT2D eigenvalue weighted by Gasteiger charge is 2.32. The van der Waals surface area contributed by atoms with Gasteiger partial charge in [0.15, 0.2) is 9.84 Å². The maximum absolute atomic E-state index is 14.5. The van der Waals surface area contributed by atoms with Crippen molar-refractivity contribution >= 4 is 26.5 Å². The Kier molecular flexibility index (Phi) is 4.11. The molecule has 182 valence electrons. The maximum Gasteiger partial charge on any atom is 0.203 e. The topological polar surface area (TPSA) is 65.6 Å². The van der Waals surface area contributed by atoms with Gasteiger partial charge in [-0.15, -0.1) is 0 Å². The molecule has 35 heavy (non-hydrogen) atoms. The van der Waals surface area contributed by atoms with Crippen LogP contribution in [-0.2, 0) is 9.84 Å². The number of nitrogens with zero attached hydrogens (tertiary/aromatic N) is 2. The van der Waals surface area contributed by atoms with Crippen LogP contribution in [0.1, 0.15) is 23.7 Å². The van der Waals surface area contributed by atoms with Crippen LogP contribution in [0.25, 0.3) is 33.4 Å². The summed E-state index contributed by atoms with van der Waals surface area (Å²) in [5.74, 6) is 0.442. The molecule has 0 aromatic heterocycles. The van der Waals surface area contributed by atoms with Gasteiger partial charge in [0.1, 0.15) is 25.4 Å². The minimum absolute atomic E-state index is 0.120. The molecule has 1 N–H and O–H groups in total. The van der Waals surface area contributed by atoms with Crippen LogP contribution in [0.4, 0.5) is 5.69 Å². The molecule has 2 heterocycles. The van der Waals surface area contributed by atoms with E-state index in [1.165, 1.54) is 18.2 Å². The van der Waals surface area contributed by atoms with Crippen LogP contribution in [-0.4, -0.2) is 54.9 Å². The lowest BCUT2D eigenvalue weighted by atomic mass is 9.93. The average Bonchev–Trinajstić information content (AvgIpc) is 2.89. The Morgan fingerprint density at radius 3 is 2.46 bits per heavy atom. The molecule has 0 radical (unpaired) electrons. The van der Waals surface area contributed by atoms with Gasteiger partial charge in [0.25, 0.3) is 0 Å². The van der Waals surface area contributed by atoms with Gasteiger partial charge in [-0.2, -0.15) is 0 Å². The van der Waals surface area contributed by atoms with E-state index in [4.69, 9.17) is 15.4 Å². The number of hydrogen-bond acceptors (Lipinski definition) is 5. The number of nitrogens with one attached hydrogen (secondary N) is 1. The summed E-state index contributed by atoms with van der Waals surface area (Å²) in [6.07, 6.45) is -6.74. The SMILES string of the molecule is [2H]C1([2H])NC([2H])([2H])C([2H])([2H])C(S(=O)(=O)c2ccccc2-c2c3ccc(=[N+](C)C)cc-3oc3cc(N(C)C)ccc23)C1([2H])[2H]. The molecule has 1 saturated heterocycles. The quantitative estimate of drug-likeness (QED) is 0.342. The first-order chi connectivity index (χ1) is 19.7. The van der Waals surface area contributed by atoms with Crippen LogP contribution < -0.4 is 20.1 Å². The van der Waals surface area contributed by atoms with E-state index in [1.54, 1.807) is 23.5 Å². The second-order valence-electron chi connectivity index (χ2n) is 8.71. The standard InChI is InChI=1S/C28H32N3O3S/c1-30(2)19-9-11-22-25(17-19)34-26-18-20(31(3)4)10-12-23(26)28(22)24-7-5-6-8-27(24)35(32,33)21-13-15-29-16-14-21/h5-12,17-18,21,29H,13-16H2,1-4H3/q+1/i13D2,14D2,15D2,16D2. The Hall–Kier alpha value is -3.16. The first-order valence-corrected chi connectivity index (χ1v) is 12.6. The van der Waals surface area contributed by atoms with Crippen LogP contribution in [0.15, 0.2) is 70.0 Å². The van der Waals surface area contributed by atoms with Gasteiger partial charge in [0.2, 0.25) is 5.36 Å². The molecule has 0 saturated carbocycles. The van der Waals surface area contributed by atoms with E-state index >= 15 is 0 Å². The third kappa shape index (κ3) is 4.23. The molecule has 1 aliphatic carbocycles. The Bertz CT molecular complexity index is 1870. The highest BCUT2D eigenvalue weighted by Crippen LogP contribution is 2.43. The summed E-state index contributed by atoms with van der Waals surface area (Å²) in [4.78, 5) is 1.43. The summed E-state index contributed by atoms with van der Waals surface area (Å²) >= 11 is 0. The Labute approximate surface area is 218 Å². The molecule has 0 unspecified atom stereocenters. The van der Waals surface area contributed by atoms with Crippen molar-refractivity contribution in [3.05, 3.63) is 66.0 Å². The van der Waals surface area contributed by atoms with Crippen molar-refractivity contribution in [3.63, 3.8) is 0 Å². The molecule has 0 spiro atoms. The molecule has 2 aromatic rings.